The van der Waals surface area contributed by atoms with Gasteiger partial charge in [-0.25, -0.2) is 4.98 Å². The summed E-state index contributed by atoms with van der Waals surface area (Å²) in [5.41, 5.74) is 4.46. The Bertz CT molecular complexity index is 1210. The van der Waals surface area contributed by atoms with E-state index in [9.17, 15) is 9.90 Å². The Balaban J connectivity index is 1.43. The largest absolute Gasteiger partial charge is 0.508 e. The number of hydrogen-bond donors (Lipinski definition) is 1. The van der Waals surface area contributed by atoms with E-state index in [1.807, 2.05) is 59.5 Å². The van der Waals surface area contributed by atoms with Crippen LogP contribution >= 0.6 is 0 Å². The van der Waals surface area contributed by atoms with Crippen molar-refractivity contribution in [1.82, 2.24) is 14.9 Å². The molecule has 5 heteroatoms. The van der Waals surface area contributed by atoms with E-state index < -0.39 is 0 Å². The average Bonchev–Trinajstić information content (AvgIpc) is 2.84. The van der Waals surface area contributed by atoms with Crippen LogP contribution in [0, 0.1) is 0 Å². The predicted molar refractivity (Wildman–Crippen MR) is 121 cm³/mol. The summed E-state index contributed by atoms with van der Waals surface area (Å²) < 4.78 is 0. The first kappa shape index (κ1) is 19.2. The van der Waals surface area contributed by atoms with Crippen molar-refractivity contribution in [2.45, 2.75) is 18.8 Å². The molecule has 1 fully saturated rings. The van der Waals surface area contributed by atoms with Gasteiger partial charge in [-0.1, -0.05) is 30.3 Å². The topological polar surface area (TPSA) is 66.3 Å². The number of para-hydroxylation sites is 1. The minimum Gasteiger partial charge on any atom is -0.508 e. The number of likely N-dealkylation sites (tertiary alicyclic amines) is 1. The van der Waals surface area contributed by atoms with Crippen molar-refractivity contribution >= 4 is 16.8 Å². The molecule has 154 valence electrons. The normalized spacial score (nSPS) is 14.6. The average molecular weight is 409 g/mol. The molecule has 0 aliphatic carbocycles. The number of rotatable bonds is 3. The van der Waals surface area contributed by atoms with Gasteiger partial charge in [-0.15, -0.1) is 0 Å². The molecule has 1 N–H and O–H groups in total. The van der Waals surface area contributed by atoms with Crippen molar-refractivity contribution in [1.29, 1.82) is 0 Å². The molecule has 0 radical (unpaired) electrons. The Labute approximate surface area is 181 Å². The van der Waals surface area contributed by atoms with Crippen LogP contribution in [0.1, 0.15) is 34.7 Å². The third kappa shape index (κ3) is 3.87. The lowest BCUT2D eigenvalue weighted by atomic mass is 9.89. The molecule has 0 spiro atoms. The Morgan fingerprint density at radius 3 is 2.39 bits per heavy atom. The quantitative estimate of drug-likeness (QED) is 0.516. The van der Waals surface area contributed by atoms with E-state index in [0.29, 0.717) is 24.6 Å². The second kappa shape index (κ2) is 8.19. The lowest BCUT2D eigenvalue weighted by Crippen LogP contribution is -2.38. The van der Waals surface area contributed by atoms with Gasteiger partial charge in [-0.3, -0.25) is 9.78 Å². The fraction of sp³-hybridized carbons (Fsp3) is 0.192. The first-order valence-electron chi connectivity index (χ1n) is 10.6. The monoisotopic (exact) mass is 409 g/mol. The van der Waals surface area contributed by atoms with Crippen LogP contribution in [-0.4, -0.2) is 39.0 Å². The standard InChI is InChI=1S/C26H23N3O2/c30-21-7-5-18(6-8-21)19-11-15-29(16-12-19)26(31)23-17-25(20-9-13-27-14-10-20)28-24-4-2-1-3-22(23)24/h1-10,13-14,17,19,30H,11-12,15-16H2. The van der Waals surface area contributed by atoms with Gasteiger partial charge in [-0.2, -0.15) is 0 Å². The first-order valence-corrected chi connectivity index (χ1v) is 10.6. The number of benzene rings is 2. The molecule has 5 nitrogen and oxygen atoms in total. The summed E-state index contributed by atoms with van der Waals surface area (Å²) in [4.78, 5) is 24.3. The van der Waals surface area contributed by atoms with Crippen LogP contribution in [0.25, 0.3) is 22.2 Å². The van der Waals surface area contributed by atoms with E-state index in [-0.39, 0.29) is 11.7 Å². The summed E-state index contributed by atoms with van der Waals surface area (Å²) in [5.74, 6) is 0.746. The van der Waals surface area contributed by atoms with Crippen molar-refractivity contribution in [2.75, 3.05) is 13.1 Å². The van der Waals surface area contributed by atoms with E-state index in [1.54, 1.807) is 24.5 Å². The number of aromatic hydroxyl groups is 1. The van der Waals surface area contributed by atoms with E-state index in [4.69, 9.17) is 4.98 Å². The van der Waals surface area contributed by atoms with Gasteiger partial charge in [0.1, 0.15) is 5.75 Å². The number of phenolic OH excluding ortho intramolecular Hbond substituents is 1. The summed E-state index contributed by atoms with van der Waals surface area (Å²) in [7, 11) is 0. The molecule has 31 heavy (non-hydrogen) atoms. The lowest BCUT2D eigenvalue weighted by Gasteiger charge is -2.32. The zero-order chi connectivity index (χ0) is 21.2. The molecule has 4 aromatic rings. The molecule has 3 heterocycles. The van der Waals surface area contributed by atoms with Crippen molar-refractivity contribution < 1.29 is 9.90 Å². The van der Waals surface area contributed by atoms with Gasteiger partial charge in [-0.05, 0) is 60.7 Å². The van der Waals surface area contributed by atoms with Gasteiger partial charge in [0.05, 0.1) is 16.8 Å². The van der Waals surface area contributed by atoms with Crippen molar-refractivity contribution in [3.63, 3.8) is 0 Å². The van der Waals surface area contributed by atoms with Crippen LogP contribution in [-0.2, 0) is 0 Å². The number of carbonyl (C=O) groups excluding carboxylic acids is 1. The van der Waals surface area contributed by atoms with Gasteiger partial charge in [0, 0.05) is 36.4 Å². The molecule has 1 amide bonds. The molecule has 0 atom stereocenters. The Morgan fingerprint density at radius 1 is 0.935 bits per heavy atom. The molecule has 1 saturated heterocycles. The van der Waals surface area contributed by atoms with Gasteiger partial charge in [0.2, 0.25) is 0 Å². The molecule has 0 bridgehead atoms. The number of phenols is 1. The van der Waals surface area contributed by atoms with Crippen LogP contribution in [0.5, 0.6) is 5.75 Å². The number of pyridine rings is 2. The third-order valence-electron chi connectivity index (χ3n) is 6.07. The van der Waals surface area contributed by atoms with E-state index >= 15 is 0 Å². The summed E-state index contributed by atoms with van der Waals surface area (Å²) in [6.45, 7) is 1.43. The van der Waals surface area contributed by atoms with E-state index in [1.165, 1.54) is 5.56 Å². The van der Waals surface area contributed by atoms with Gasteiger partial charge in [0.15, 0.2) is 0 Å². The molecule has 0 unspecified atom stereocenters. The number of hydrogen-bond acceptors (Lipinski definition) is 4. The maximum Gasteiger partial charge on any atom is 0.254 e. The zero-order valence-corrected chi connectivity index (χ0v) is 17.1. The minimum atomic E-state index is 0.0538. The Hall–Kier alpha value is -3.73. The second-order valence-corrected chi connectivity index (χ2v) is 7.97. The highest BCUT2D eigenvalue weighted by atomic mass is 16.3. The van der Waals surface area contributed by atoms with Crippen LogP contribution in [0.15, 0.2) is 79.1 Å². The number of aromatic nitrogens is 2. The van der Waals surface area contributed by atoms with Crippen molar-refractivity contribution in [2.24, 2.45) is 0 Å². The highest BCUT2D eigenvalue weighted by molar-refractivity contribution is 6.07. The summed E-state index contributed by atoms with van der Waals surface area (Å²) in [5, 5.41) is 10.4. The number of amides is 1. The lowest BCUT2D eigenvalue weighted by molar-refractivity contribution is 0.0715. The molecule has 2 aromatic heterocycles. The number of fused-ring (bicyclic) bond motifs is 1. The summed E-state index contributed by atoms with van der Waals surface area (Å²) >= 11 is 0. The van der Waals surface area contributed by atoms with Crippen molar-refractivity contribution in [3.8, 4) is 17.0 Å². The maximum absolute atomic E-state index is 13.5. The molecule has 1 aliphatic rings. The highest BCUT2D eigenvalue weighted by Gasteiger charge is 2.26. The van der Waals surface area contributed by atoms with Gasteiger partial charge in [0.25, 0.3) is 5.91 Å². The number of carbonyl (C=O) groups is 1. The first-order chi connectivity index (χ1) is 15.2. The summed E-state index contributed by atoms with van der Waals surface area (Å²) in [6.07, 6.45) is 5.30. The van der Waals surface area contributed by atoms with E-state index in [2.05, 4.69) is 4.98 Å². The molecular formula is C26H23N3O2. The second-order valence-electron chi connectivity index (χ2n) is 7.97. The van der Waals surface area contributed by atoms with Gasteiger partial charge < -0.3 is 10.0 Å². The molecule has 2 aromatic carbocycles. The molecule has 1 aliphatic heterocycles. The van der Waals surface area contributed by atoms with Crippen LogP contribution < -0.4 is 0 Å². The Morgan fingerprint density at radius 2 is 1.65 bits per heavy atom. The smallest absolute Gasteiger partial charge is 0.254 e. The SMILES string of the molecule is O=C(c1cc(-c2ccncc2)nc2ccccc12)N1CCC(c2ccc(O)cc2)CC1. The summed E-state index contributed by atoms with van der Waals surface area (Å²) in [6, 6.07) is 21.0. The molecule has 0 saturated carbocycles. The maximum atomic E-state index is 13.5. The van der Waals surface area contributed by atoms with E-state index in [0.717, 1.165) is 35.0 Å². The van der Waals surface area contributed by atoms with Crippen LogP contribution in [0.2, 0.25) is 0 Å². The highest BCUT2D eigenvalue weighted by Crippen LogP contribution is 2.31. The van der Waals surface area contributed by atoms with Gasteiger partial charge >= 0.3 is 0 Å². The fourth-order valence-electron chi connectivity index (χ4n) is 4.36. The fourth-order valence-corrected chi connectivity index (χ4v) is 4.36. The molecular weight excluding hydrogens is 386 g/mol. The number of nitrogens with zero attached hydrogens (tertiary/aromatic N) is 3. The molecule has 5 rings (SSSR count). The zero-order valence-electron chi connectivity index (χ0n) is 17.1. The number of piperidine rings is 1. The van der Waals surface area contributed by atoms with Crippen LogP contribution in [0.3, 0.4) is 0 Å². The van der Waals surface area contributed by atoms with Crippen molar-refractivity contribution in [3.05, 3.63) is 90.3 Å². The third-order valence-corrected chi connectivity index (χ3v) is 6.07. The predicted octanol–water partition coefficient (Wildman–Crippen LogP) is 5.02. The minimum absolute atomic E-state index is 0.0538. The Kier molecular flexibility index (Phi) is 5.08. The van der Waals surface area contributed by atoms with Crippen LogP contribution in [0.4, 0.5) is 0 Å².